The molecule has 0 bridgehead atoms. The van der Waals surface area contributed by atoms with Gasteiger partial charge in [-0.1, -0.05) is 13.8 Å². The lowest BCUT2D eigenvalue weighted by atomic mass is 9.42. The van der Waals surface area contributed by atoms with Gasteiger partial charge in [0.05, 0.1) is 36.3 Å². The summed E-state index contributed by atoms with van der Waals surface area (Å²) in [5.41, 5.74) is -9.93. The molecule has 0 amide bonds. The van der Waals surface area contributed by atoms with E-state index >= 15 is 0 Å². The number of carbonyl (C=O) groups is 1. The number of esters is 1. The van der Waals surface area contributed by atoms with Gasteiger partial charge < -0.3 is 49.3 Å². The number of fused-ring (bicyclic) bond motifs is 5. The Hall–Kier alpha value is -1.57. The molecule has 1 spiro atoms. The Balaban J connectivity index is 1.46. The molecular formula is C25H32O11. The summed E-state index contributed by atoms with van der Waals surface area (Å²) in [6.45, 7) is 6.05. The van der Waals surface area contributed by atoms with Crippen LogP contribution in [0.3, 0.4) is 0 Å². The van der Waals surface area contributed by atoms with Crippen molar-refractivity contribution in [2.24, 2.45) is 16.7 Å². The largest absolute Gasteiger partial charge is 0.472 e. The van der Waals surface area contributed by atoms with Gasteiger partial charge in [0, 0.05) is 23.7 Å². The minimum Gasteiger partial charge on any atom is -0.472 e. The van der Waals surface area contributed by atoms with Gasteiger partial charge in [0.2, 0.25) is 0 Å². The highest BCUT2D eigenvalue weighted by atomic mass is 16.7. The van der Waals surface area contributed by atoms with Gasteiger partial charge in [-0.15, -0.1) is 0 Å². The van der Waals surface area contributed by atoms with Crippen LogP contribution in [0, 0.1) is 16.7 Å². The second-order valence-electron chi connectivity index (χ2n) is 12.5. The molecule has 198 valence electrons. The summed E-state index contributed by atoms with van der Waals surface area (Å²) in [4.78, 5) is 12.6. The molecule has 6 N–H and O–H groups in total. The highest BCUT2D eigenvalue weighted by Gasteiger charge is 2.95. The molecule has 0 aromatic carbocycles. The first-order chi connectivity index (χ1) is 16.6. The van der Waals surface area contributed by atoms with Gasteiger partial charge in [0.25, 0.3) is 0 Å². The van der Waals surface area contributed by atoms with Crippen molar-refractivity contribution in [3.05, 3.63) is 24.2 Å². The van der Waals surface area contributed by atoms with Crippen LogP contribution in [-0.2, 0) is 19.0 Å². The highest BCUT2D eigenvalue weighted by Crippen LogP contribution is 2.80. The van der Waals surface area contributed by atoms with Gasteiger partial charge in [-0.2, -0.15) is 0 Å². The number of rotatable bonds is 1. The zero-order chi connectivity index (χ0) is 26.1. The lowest BCUT2D eigenvalue weighted by molar-refractivity contribution is -0.366. The van der Waals surface area contributed by atoms with Crippen molar-refractivity contribution in [1.82, 2.24) is 0 Å². The zero-order valence-corrected chi connectivity index (χ0v) is 20.4. The van der Waals surface area contributed by atoms with Crippen LogP contribution in [0.25, 0.3) is 0 Å². The number of aliphatic hydroxyl groups is 6. The molecule has 3 saturated heterocycles. The summed E-state index contributed by atoms with van der Waals surface area (Å²) < 4.78 is 23.0. The Morgan fingerprint density at radius 1 is 1.03 bits per heavy atom. The monoisotopic (exact) mass is 508 g/mol. The van der Waals surface area contributed by atoms with Gasteiger partial charge in [0.15, 0.2) is 23.1 Å². The van der Waals surface area contributed by atoms with E-state index in [1.165, 1.54) is 27.0 Å². The minimum atomic E-state index is -2.58. The molecule has 3 aliphatic heterocycles. The van der Waals surface area contributed by atoms with E-state index in [0.29, 0.717) is 6.42 Å². The van der Waals surface area contributed by atoms with E-state index in [1.807, 2.05) is 6.92 Å². The van der Waals surface area contributed by atoms with E-state index in [2.05, 4.69) is 0 Å². The summed E-state index contributed by atoms with van der Waals surface area (Å²) in [5.74, 6) is -5.00. The fourth-order valence-corrected chi connectivity index (χ4v) is 9.81. The molecule has 14 atom stereocenters. The van der Waals surface area contributed by atoms with Crippen molar-refractivity contribution in [1.29, 1.82) is 0 Å². The highest BCUT2D eigenvalue weighted by molar-refractivity contribution is 5.81. The summed E-state index contributed by atoms with van der Waals surface area (Å²) in [7, 11) is 0. The van der Waals surface area contributed by atoms with Crippen LogP contribution in [0.1, 0.15) is 52.0 Å². The number of ether oxygens (including phenoxy) is 3. The van der Waals surface area contributed by atoms with Gasteiger partial charge in [-0.25, -0.2) is 4.79 Å². The average Bonchev–Trinajstić information content (AvgIpc) is 3.04. The molecule has 6 aliphatic rings. The van der Waals surface area contributed by atoms with Crippen molar-refractivity contribution in [2.45, 2.75) is 105 Å². The van der Waals surface area contributed by atoms with Crippen LogP contribution in [0.5, 0.6) is 0 Å². The minimum absolute atomic E-state index is 0.271. The van der Waals surface area contributed by atoms with Crippen molar-refractivity contribution in [3.63, 3.8) is 0 Å². The first-order valence-electron chi connectivity index (χ1n) is 12.4. The van der Waals surface area contributed by atoms with E-state index in [9.17, 15) is 35.4 Å². The fourth-order valence-electron chi connectivity index (χ4n) is 9.81. The predicted octanol–water partition coefficient (Wildman–Crippen LogP) is -1.08. The Morgan fingerprint density at radius 2 is 1.72 bits per heavy atom. The fraction of sp³-hybridized carbons (Fsp3) is 0.800. The van der Waals surface area contributed by atoms with E-state index in [-0.39, 0.29) is 5.92 Å². The predicted molar refractivity (Wildman–Crippen MR) is 116 cm³/mol. The summed E-state index contributed by atoms with van der Waals surface area (Å²) in [5, 5.41) is 70.5. The average molecular weight is 509 g/mol. The molecule has 4 heterocycles. The van der Waals surface area contributed by atoms with Crippen LogP contribution < -0.4 is 0 Å². The van der Waals surface area contributed by atoms with Crippen molar-refractivity contribution >= 4 is 5.97 Å². The number of aliphatic hydroxyl groups excluding tert-OH is 3. The van der Waals surface area contributed by atoms with Gasteiger partial charge in [-0.05, 0) is 31.9 Å². The molecule has 3 saturated carbocycles. The second kappa shape index (κ2) is 6.02. The van der Waals surface area contributed by atoms with E-state index in [1.54, 1.807) is 12.3 Å². The molecule has 7 rings (SSSR count). The third-order valence-corrected chi connectivity index (χ3v) is 11.6. The standard InChI is InChI=1S/C25H32O11/c1-19-11(10-5-6-33-9-10)7-13-25(19,34-13)21(3,30)15-14(16(19)27)35-23(31)8-12(26)22(4)24(32,20(15,23)2)17(28)18(29)36-22/h5-6,9,11-17,26-28,30-32H,7-8H2,1-4H3/t11-,12+,13+,14-,15+,16-,17-,19+,20-,21+,22-,23-,24-,25+/m0/s1. The lowest BCUT2D eigenvalue weighted by Gasteiger charge is -2.64. The maximum atomic E-state index is 12.6. The van der Waals surface area contributed by atoms with Crippen molar-refractivity contribution in [2.75, 3.05) is 0 Å². The summed E-state index contributed by atoms with van der Waals surface area (Å²) in [6, 6.07) is 1.80. The number of carbonyl (C=O) groups excluding carboxylic acids is 1. The van der Waals surface area contributed by atoms with Crippen molar-refractivity contribution < 1.29 is 54.1 Å². The molecule has 6 fully saturated rings. The number of hydrogen-bond donors (Lipinski definition) is 6. The van der Waals surface area contributed by atoms with Crippen LogP contribution in [0.15, 0.2) is 23.0 Å². The molecule has 1 aromatic heterocycles. The molecule has 0 unspecified atom stereocenters. The van der Waals surface area contributed by atoms with Gasteiger partial charge >= 0.3 is 5.97 Å². The van der Waals surface area contributed by atoms with Crippen LogP contribution in [0.2, 0.25) is 0 Å². The Labute approximate surface area is 206 Å². The SMILES string of the molecule is C[C@]12[C@H](c3ccoc3)C[C@H]3O[C@]31[C@](C)(O)[C@@H]1[C@H](O[C@@]3(O)C[C@@H](O)[C@]4(C)OC(=O)[C@H](O)[C@]4(O)[C@@]13C)[C@@H]2O. The molecule has 36 heavy (non-hydrogen) atoms. The Bertz CT molecular complexity index is 1170. The Morgan fingerprint density at radius 3 is 2.36 bits per heavy atom. The molecule has 11 heteroatoms. The van der Waals surface area contributed by atoms with Gasteiger partial charge in [-0.3, -0.25) is 0 Å². The third-order valence-electron chi connectivity index (χ3n) is 11.6. The molecule has 11 nitrogen and oxygen atoms in total. The number of hydrogen-bond acceptors (Lipinski definition) is 11. The first kappa shape index (κ1) is 23.5. The van der Waals surface area contributed by atoms with Gasteiger partial charge in [0.1, 0.15) is 17.3 Å². The first-order valence-corrected chi connectivity index (χ1v) is 12.4. The maximum Gasteiger partial charge on any atom is 0.338 e. The quantitative estimate of drug-likeness (QED) is 0.200. The smallest absolute Gasteiger partial charge is 0.338 e. The summed E-state index contributed by atoms with van der Waals surface area (Å²) in [6.07, 6.45) is -3.61. The normalized spacial score (nSPS) is 64.7. The molecule has 3 aliphatic carbocycles. The van der Waals surface area contributed by atoms with E-state index in [0.717, 1.165) is 5.56 Å². The molecular weight excluding hydrogens is 476 g/mol. The second-order valence-corrected chi connectivity index (χ2v) is 12.5. The van der Waals surface area contributed by atoms with Crippen LogP contribution in [0.4, 0.5) is 0 Å². The van der Waals surface area contributed by atoms with Crippen molar-refractivity contribution in [3.8, 4) is 0 Å². The zero-order valence-electron chi connectivity index (χ0n) is 20.4. The summed E-state index contributed by atoms with van der Waals surface area (Å²) >= 11 is 0. The third kappa shape index (κ3) is 1.88. The lowest BCUT2D eigenvalue weighted by Crippen LogP contribution is -2.82. The Kier molecular flexibility index (Phi) is 3.94. The number of furan rings is 1. The molecule has 1 aromatic rings. The van der Waals surface area contributed by atoms with Crippen LogP contribution in [-0.4, -0.2) is 95.3 Å². The van der Waals surface area contributed by atoms with E-state index in [4.69, 9.17) is 18.6 Å². The van der Waals surface area contributed by atoms with E-state index < -0.39 is 87.8 Å². The topological polar surface area (TPSA) is 183 Å². The van der Waals surface area contributed by atoms with Crippen LogP contribution >= 0.6 is 0 Å². The molecule has 0 radical (unpaired) electrons. The maximum absolute atomic E-state index is 12.6. The number of epoxide rings is 1.